The van der Waals surface area contributed by atoms with Crippen molar-refractivity contribution in [3.63, 3.8) is 0 Å². The lowest BCUT2D eigenvalue weighted by Crippen LogP contribution is -2.34. The molecule has 2 N–H and O–H groups in total. The zero-order chi connectivity index (χ0) is 12.9. The standard InChI is InChI=1S/C11H13F3N2S/c1-2-15-10(17)16-7-8-4-3-5-9(6-8)11(12,13)14/h3-6H,2,7H2,1H3,(H2,15,16,17). The van der Waals surface area contributed by atoms with Gasteiger partial charge >= 0.3 is 6.18 Å². The summed E-state index contributed by atoms with van der Waals surface area (Å²) in [6.45, 7) is 2.84. The quantitative estimate of drug-likeness (QED) is 0.819. The first kappa shape index (κ1) is 13.8. The second-order valence-corrected chi connectivity index (χ2v) is 3.82. The van der Waals surface area contributed by atoms with Gasteiger partial charge in [0.25, 0.3) is 0 Å². The predicted molar refractivity (Wildman–Crippen MR) is 64.6 cm³/mol. The third-order valence-electron chi connectivity index (χ3n) is 2.04. The van der Waals surface area contributed by atoms with Crippen molar-refractivity contribution in [2.24, 2.45) is 0 Å². The molecule has 0 bridgehead atoms. The molecule has 0 aromatic heterocycles. The minimum absolute atomic E-state index is 0.274. The number of hydrogen-bond acceptors (Lipinski definition) is 1. The van der Waals surface area contributed by atoms with Crippen LogP contribution in [0.15, 0.2) is 24.3 Å². The normalized spacial score (nSPS) is 11.1. The Labute approximate surface area is 103 Å². The minimum Gasteiger partial charge on any atom is -0.363 e. The summed E-state index contributed by atoms with van der Waals surface area (Å²) in [7, 11) is 0. The molecule has 0 atom stereocenters. The van der Waals surface area contributed by atoms with Gasteiger partial charge in [-0.15, -0.1) is 0 Å². The number of hydrogen-bond donors (Lipinski definition) is 2. The molecule has 0 saturated heterocycles. The fourth-order valence-corrected chi connectivity index (χ4v) is 1.48. The minimum atomic E-state index is -4.31. The molecule has 17 heavy (non-hydrogen) atoms. The van der Waals surface area contributed by atoms with Crippen LogP contribution in [0.1, 0.15) is 18.1 Å². The SMILES string of the molecule is CCNC(=S)NCc1cccc(C(F)(F)F)c1. The Kier molecular flexibility index (Phi) is 4.74. The number of benzene rings is 1. The number of halogens is 3. The highest BCUT2D eigenvalue weighted by atomic mass is 32.1. The summed E-state index contributed by atoms with van der Waals surface area (Å²) in [5.74, 6) is 0. The van der Waals surface area contributed by atoms with Crippen LogP contribution in [-0.2, 0) is 12.7 Å². The molecule has 0 heterocycles. The van der Waals surface area contributed by atoms with E-state index in [0.29, 0.717) is 17.2 Å². The van der Waals surface area contributed by atoms with E-state index in [-0.39, 0.29) is 6.54 Å². The average Bonchev–Trinajstić information content (AvgIpc) is 2.26. The fourth-order valence-electron chi connectivity index (χ4n) is 1.26. The van der Waals surface area contributed by atoms with Crippen LogP contribution in [0.5, 0.6) is 0 Å². The van der Waals surface area contributed by atoms with Gasteiger partial charge in [0.15, 0.2) is 5.11 Å². The largest absolute Gasteiger partial charge is 0.416 e. The second-order valence-electron chi connectivity index (χ2n) is 3.41. The Balaban J connectivity index is 2.64. The molecule has 2 nitrogen and oxygen atoms in total. The van der Waals surface area contributed by atoms with Crippen LogP contribution in [0.3, 0.4) is 0 Å². The highest BCUT2D eigenvalue weighted by Crippen LogP contribution is 2.29. The van der Waals surface area contributed by atoms with Crippen molar-refractivity contribution in [1.29, 1.82) is 0 Å². The van der Waals surface area contributed by atoms with Crippen molar-refractivity contribution in [2.75, 3.05) is 6.54 Å². The van der Waals surface area contributed by atoms with E-state index in [9.17, 15) is 13.2 Å². The maximum Gasteiger partial charge on any atom is 0.416 e. The van der Waals surface area contributed by atoms with E-state index in [2.05, 4.69) is 10.6 Å². The van der Waals surface area contributed by atoms with E-state index >= 15 is 0 Å². The molecule has 94 valence electrons. The predicted octanol–water partition coefficient (Wildman–Crippen LogP) is 2.69. The van der Waals surface area contributed by atoms with Crippen LogP contribution in [-0.4, -0.2) is 11.7 Å². The Bertz CT molecular complexity index is 391. The molecular formula is C11H13F3N2S. The van der Waals surface area contributed by atoms with Gasteiger partial charge < -0.3 is 10.6 Å². The van der Waals surface area contributed by atoms with Crippen LogP contribution in [0.25, 0.3) is 0 Å². The van der Waals surface area contributed by atoms with Crippen LogP contribution in [0.4, 0.5) is 13.2 Å². The Morgan fingerprint density at radius 1 is 1.29 bits per heavy atom. The van der Waals surface area contributed by atoms with E-state index in [1.54, 1.807) is 6.07 Å². The van der Waals surface area contributed by atoms with Gasteiger partial charge in [-0.1, -0.05) is 12.1 Å². The van der Waals surface area contributed by atoms with E-state index < -0.39 is 11.7 Å². The first-order valence-electron chi connectivity index (χ1n) is 5.11. The van der Waals surface area contributed by atoms with Crippen LogP contribution < -0.4 is 10.6 Å². The molecule has 0 amide bonds. The third kappa shape index (κ3) is 4.60. The maximum absolute atomic E-state index is 12.4. The number of alkyl halides is 3. The highest BCUT2D eigenvalue weighted by Gasteiger charge is 2.30. The number of rotatable bonds is 3. The molecule has 0 aliphatic carbocycles. The second kappa shape index (κ2) is 5.86. The molecule has 0 unspecified atom stereocenters. The summed E-state index contributed by atoms with van der Waals surface area (Å²) < 4.78 is 37.3. The van der Waals surface area contributed by atoms with Crippen molar-refractivity contribution in [2.45, 2.75) is 19.6 Å². The van der Waals surface area contributed by atoms with Gasteiger partial charge in [-0.3, -0.25) is 0 Å². The van der Waals surface area contributed by atoms with Gasteiger partial charge in [0.2, 0.25) is 0 Å². The topological polar surface area (TPSA) is 24.1 Å². The molecule has 0 aliphatic rings. The van der Waals surface area contributed by atoms with Gasteiger partial charge in [-0.2, -0.15) is 13.2 Å². The van der Waals surface area contributed by atoms with Gasteiger partial charge in [0.05, 0.1) is 5.56 Å². The van der Waals surface area contributed by atoms with Gasteiger partial charge in [0.1, 0.15) is 0 Å². The summed E-state index contributed by atoms with van der Waals surface area (Å²) in [6, 6.07) is 5.17. The monoisotopic (exact) mass is 262 g/mol. The summed E-state index contributed by atoms with van der Waals surface area (Å²) in [4.78, 5) is 0. The van der Waals surface area contributed by atoms with Crippen molar-refractivity contribution in [3.05, 3.63) is 35.4 Å². The van der Waals surface area contributed by atoms with Crippen LogP contribution in [0, 0.1) is 0 Å². The smallest absolute Gasteiger partial charge is 0.363 e. The summed E-state index contributed by atoms with van der Waals surface area (Å²) >= 11 is 4.91. The molecule has 0 aliphatic heterocycles. The molecule has 1 aromatic rings. The van der Waals surface area contributed by atoms with E-state index in [4.69, 9.17) is 12.2 Å². The van der Waals surface area contributed by atoms with E-state index in [1.165, 1.54) is 6.07 Å². The van der Waals surface area contributed by atoms with Gasteiger partial charge in [-0.25, -0.2) is 0 Å². The highest BCUT2D eigenvalue weighted by molar-refractivity contribution is 7.80. The van der Waals surface area contributed by atoms with Crippen molar-refractivity contribution in [1.82, 2.24) is 10.6 Å². The Hall–Kier alpha value is -1.30. The van der Waals surface area contributed by atoms with E-state index in [0.717, 1.165) is 12.1 Å². The molecule has 0 saturated carbocycles. The molecule has 0 spiro atoms. The van der Waals surface area contributed by atoms with E-state index in [1.807, 2.05) is 6.92 Å². The molecule has 6 heteroatoms. The number of thiocarbonyl (C=S) groups is 1. The summed E-state index contributed by atoms with van der Waals surface area (Å²) in [6.07, 6.45) is -4.31. The van der Waals surface area contributed by atoms with Crippen LogP contribution >= 0.6 is 12.2 Å². The molecule has 1 rings (SSSR count). The van der Waals surface area contributed by atoms with Gasteiger partial charge in [0, 0.05) is 13.1 Å². The lowest BCUT2D eigenvalue weighted by Gasteiger charge is -2.11. The fraction of sp³-hybridized carbons (Fsp3) is 0.364. The molecule has 1 aromatic carbocycles. The molecular weight excluding hydrogens is 249 g/mol. The third-order valence-corrected chi connectivity index (χ3v) is 2.33. The maximum atomic E-state index is 12.4. The average molecular weight is 262 g/mol. The number of nitrogens with one attached hydrogen (secondary N) is 2. The Morgan fingerprint density at radius 3 is 2.59 bits per heavy atom. The first-order valence-corrected chi connectivity index (χ1v) is 5.52. The van der Waals surface area contributed by atoms with Crippen molar-refractivity contribution < 1.29 is 13.2 Å². The Morgan fingerprint density at radius 2 is 2.00 bits per heavy atom. The lowest BCUT2D eigenvalue weighted by atomic mass is 10.1. The van der Waals surface area contributed by atoms with Crippen molar-refractivity contribution in [3.8, 4) is 0 Å². The first-order chi connectivity index (χ1) is 7.93. The molecule has 0 radical (unpaired) electrons. The lowest BCUT2D eigenvalue weighted by molar-refractivity contribution is -0.137. The molecule has 0 fully saturated rings. The summed E-state index contributed by atoms with van der Waals surface area (Å²) in [5.41, 5.74) is -0.105. The zero-order valence-electron chi connectivity index (χ0n) is 9.27. The summed E-state index contributed by atoms with van der Waals surface area (Å²) in [5, 5.41) is 6.13. The van der Waals surface area contributed by atoms with Crippen molar-refractivity contribution >= 4 is 17.3 Å². The van der Waals surface area contributed by atoms with Gasteiger partial charge in [-0.05, 0) is 36.8 Å². The van der Waals surface area contributed by atoms with Crippen LogP contribution in [0.2, 0.25) is 0 Å². The zero-order valence-corrected chi connectivity index (χ0v) is 10.1.